The van der Waals surface area contributed by atoms with Gasteiger partial charge in [0.05, 0.1) is 5.69 Å². The second-order valence-electron chi connectivity index (χ2n) is 3.74. The molecule has 3 rings (SSSR count). The molecule has 2 aromatic rings. The van der Waals surface area contributed by atoms with Crippen molar-refractivity contribution in [3.05, 3.63) is 45.1 Å². The molecule has 2 nitrogen and oxygen atoms in total. The van der Waals surface area contributed by atoms with Crippen LogP contribution in [0, 0.1) is 0 Å². The van der Waals surface area contributed by atoms with E-state index in [9.17, 15) is 0 Å². The summed E-state index contributed by atoms with van der Waals surface area (Å²) in [6, 6.07) is 7.91. The minimum absolute atomic E-state index is 0.589. The zero-order valence-electron chi connectivity index (χ0n) is 8.78. The lowest BCUT2D eigenvalue weighted by atomic mass is 10.2. The Morgan fingerprint density at radius 2 is 2.00 bits per heavy atom. The first-order valence-electron chi connectivity index (χ1n) is 5.13. The number of thioether (sulfide) groups is 1. The van der Waals surface area contributed by atoms with Gasteiger partial charge in [-0.15, -0.1) is 0 Å². The van der Waals surface area contributed by atoms with Crippen molar-refractivity contribution in [2.45, 2.75) is 11.5 Å². The van der Waals surface area contributed by atoms with E-state index >= 15 is 0 Å². The molecule has 1 aromatic heterocycles. The number of aromatic nitrogens is 2. The average molecular weight is 328 g/mol. The number of hydrogen-bond acceptors (Lipinski definition) is 3. The van der Waals surface area contributed by atoms with Crippen LogP contribution in [0.3, 0.4) is 0 Å². The van der Waals surface area contributed by atoms with E-state index in [4.69, 9.17) is 11.6 Å². The van der Waals surface area contributed by atoms with Gasteiger partial charge in [-0.25, -0.2) is 9.97 Å². The number of nitrogens with zero attached hydrogens (tertiary/aromatic N) is 2. The SMILES string of the molecule is Clc1nc(-c2ccccc2Br)nc2c1CSC2. The molecule has 0 atom stereocenters. The highest BCUT2D eigenvalue weighted by atomic mass is 79.9. The average Bonchev–Trinajstić information content (AvgIpc) is 2.78. The zero-order valence-corrected chi connectivity index (χ0v) is 11.9. The van der Waals surface area contributed by atoms with Crippen LogP contribution in [0.15, 0.2) is 28.7 Å². The Morgan fingerprint density at radius 1 is 1.18 bits per heavy atom. The van der Waals surface area contributed by atoms with Gasteiger partial charge in [0.2, 0.25) is 0 Å². The molecular formula is C12H8BrClN2S. The summed E-state index contributed by atoms with van der Waals surface area (Å²) >= 11 is 11.5. The van der Waals surface area contributed by atoms with Gasteiger partial charge >= 0.3 is 0 Å². The lowest BCUT2D eigenvalue weighted by Gasteiger charge is -2.06. The number of benzene rings is 1. The van der Waals surface area contributed by atoms with Gasteiger partial charge in [0, 0.05) is 27.1 Å². The number of rotatable bonds is 1. The molecule has 1 aliphatic heterocycles. The number of hydrogen-bond donors (Lipinski definition) is 0. The molecule has 0 bridgehead atoms. The van der Waals surface area contributed by atoms with E-state index in [0.717, 1.165) is 32.8 Å². The molecule has 0 spiro atoms. The largest absolute Gasteiger partial charge is 0.232 e. The standard InChI is InChI=1S/C12H8BrClN2S/c13-9-4-2-1-3-7(9)12-15-10-6-17-5-8(10)11(14)16-12/h1-4H,5-6H2. The number of halogens is 2. The van der Waals surface area contributed by atoms with Crippen LogP contribution in [0.1, 0.15) is 11.3 Å². The highest BCUT2D eigenvalue weighted by Gasteiger charge is 2.19. The number of fused-ring (bicyclic) bond motifs is 1. The lowest BCUT2D eigenvalue weighted by Crippen LogP contribution is -1.97. The van der Waals surface area contributed by atoms with Crippen LogP contribution in [0.2, 0.25) is 5.15 Å². The summed E-state index contributed by atoms with van der Waals surface area (Å²) in [5, 5.41) is 0.589. The van der Waals surface area contributed by atoms with E-state index in [1.165, 1.54) is 0 Å². The second-order valence-corrected chi connectivity index (χ2v) is 5.93. The first kappa shape index (κ1) is 11.5. The summed E-state index contributed by atoms with van der Waals surface area (Å²) in [5.74, 6) is 2.54. The molecule has 0 saturated carbocycles. The maximum atomic E-state index is 6.20. The van der Waals surface area contributed by atoms with Crippen LogP contribution in [0.4, 0.5) is 0 Å². The molecule has 0 radical (unpaired) electrons. The molecule has 0 N–H and O–H groups in total. The summed E-state index contributed by atoms with van der Waals surface area (Å²) in [6.45, 7) is 0. The van der Waals surface area contributed by atoms with E-state index in [-0.39, 0.29) is 0 Å². The van der Waals surface area contributed by atoms with Gasteiger partial charge in [-0.1, -0.05) is 45.7 Å². The fraction of sp³-hybridized carbons (Fsp3) is 0.167. The first-order chi connectivity index (χ1) is 8.25. The van der Waals surface area contributed by atoms with E-state index in [1.54, 1.807) is 0 Å². The van der Waals surface area contributed by atoms with E-state index in [0.29, 0.717) is 11.0 Å². The molecule has 86 valence electrons. The van der Waals surface area contributed by atoms with Crippen LogP contribution in [-0.4, -0.2) is 9.97 Å². The molecule has 0 unspecified atom stereocenters. The van der Waals surface area contributed by atoms with Gasteiger partial charge in [-0.2, -0.15) is 11.8 Å². The van der Waals surface area contributed by atoms with Crippen molar-refractivity contribution in [3.63, 3.8) is 0 Å². The smallest absolute Gasteiger partial charge is 0.162 e. The van der Waals surface area contributed by atoms with Crippen LogP contribution >= 0.6 is 39.3 Å². The predicted octanol–water partition coefficient (Wildman–Crippen LogP) is 4.31. The van der Waals surface area contributed by atoms with Crippen molar-refractivity contribution < 1.29 is 0 Å². The van der Waals surface area contributed by atoms with Crippen LogP contribution in [0.5, 0.6) is 0 Å². The highest BCUT2D eigenvalue weighted by Crippen LogP contribution is 2.35. The van der Waals surface area contributed by atoms with Gasteiger partial charge in [0.15, 0.2) is 5.82 Å². The molecule has 17 heavy (non-hydrogen) atoms. The molecule has 0 saturated heterocycles. The molecule has 0 amide bonds. The van der Waals surface area contributed by atoms with Crippen molar-refractivity contribution in [1.82, 2.24) is 9.97 Å². The Morgan fingerprint density at radius 3 is 2.82 bits per heavy atom. The van der Waals surface area contributed by atoms with Crippen LogP contribution in [0.25, 0.3) is 11.4 Å². The molecular weight excluding hydrogens is 320 g/mol. The molecule has 0 fully saturated rings. The van der Waals surface area contributed by atoms with Gasteiger partial charge < -0.3 is 0 Å². The molecule has 1 aromatic carbocycles. The Balaban J connectivity index is 2.17. The Bertz CT molecular complexity index is 589. The van der Waals surface area contributed by atoms with Crippen LogP contribution in [-0.2, 0) is 11.5 Å². The van der Waals surface area contributed by atoms with Gasteiger partial charge in [-0.05, 0) is 6.07 Å². The monoisotopic (exact) mass is 326 g/mol. The van der Waals surface area contributed by atoms with E-state index < -0.39 is 0 Å². The fourth-order valence-electron chi connectivity index (χ4n) is 1.77. The Kier molecular flexibility index (Phi) is 3.11. The van der Waals surface area contributed by atoms with Crippen LogP contribution < -0.4 is 0 Å². The summed E-state index contributed by atoms with van der Waals surface area (Å²) < 4.78 is 0.988. The van der Waals surface area contributed by atoms with Crippen molar-refractivity contribution in [2.75, 3.05) is 0 Å². The predicted molar refractivity (Wildman–Crippen MR) is 75.2 cm³/mol. The van der Waals surface area contributed by atoms with Gasteiger partial charge in [0.1, 0.15) is 5.15 Å². The maximum Gasteiger partial charge on any atom is 0.162 e. The normalized spacial score (nSPS) is 13.8. The molecule has 1 aliphatic rings. The van der Waals surface area contributed by atoms with E-state index in [2.05, 4.69) is 25.9 Å². The third kappa shape index (κ3) is 2.09. The van der Waals surface area contributed by atoms with Crippen molar-refractivity contribution in [1.29, 1.82) is 0 Å². The lowest BCUT2D eigenvalue weighted by molar-refractivity contribution is 1.07. The summed E-state index contributed by atoms with van der Waals surface area (Å²) in [4.78, 5) is 8.99. The second kappa shape index (κ2) is 4.59. The Hall–Kier alpha value is -0.580. The zero-order chi connectivity index (χ0) is 11.8. The topological polar surface area (TPSA) is 25.8 Å². The van der Waals surface area contributed by atoms with Crippen molar-refractivity contribution in [2.24, 2.45) is 0 Å². The van der Waals surface area contributed by atoms with Crippen molar-refractivity contribution >= 4 is 39.3 Å². The third-order valence-corrected chi connectivity index (χ3v) is 4.62. The van der Waals surface area contributed by atoms with Crippen molar-refractivity contribution in [3.8, 4) is 11.4 Å². The molecule has 0 aliphatic carbocycles. The third-order valence-electron chi connectivity index (χ3n) is 2.64. The highest BCUT2D eigenvalue weighted by molar-refractivity contribution is 9.10. The first-order valence-corrected chi connectivity index (χ1v) is 7.46. The fourth-order valence-corrected chi connectivity index (χ4v) is 3.61. The van der Waals surface area contributed by atoms with Gasteiger partial charge in [-0.3, -0.25) is 0 Å². The molecule has 5 heteroatoms. The quantitative estimate of drug-likeness (QED) is 0.730. The maximum absolute atomic E-state index is 6.20. The minimum Gasteiger partial charge on any atom is -0.232 e. The Labute approximate surface area is 117 Å². The van der Waals surface area contributed by atoms with Gasteiger partial charge in [0.25, 0.3) is 0 Å². The summed E-state index contributed by atoms with van der Waals surface area (Å²) in [5.41, 5.74) is 3.14. The molecule has 2 heterocycles. The minimum atomic E-state index is 0.589. The van der Waals surface area contributed by atoms with E-state index in [1.807, 2.05) is 36.0 Å². The summed E-state index contributed by atoms with van der Waals surface area (Å²) in [7, 11) is 0. The summed E-state index contributed by atoms with van der Waals surface area (Å²) in [6.07, 6.45) is 0.